The third-order valence-corrected chi connectivity index (χ3v) is 7.68. The fourth-order valence-corrected chi connectivity index (χ4v) is 5.33. The molecule has 1 saturated heterocycles. The number of amides is 3. The zero-order valence-corrected chi connectivity index (χ0v) is 27.4. The summed E-state index contributed by atoms with van der Waals surface area (Å²) in [4.78, 5) is 43.4. The molecule has 2 aromatic rings. The van der Waals surface area contributed by atoms with E-state index < -0.39 is 22.9 Å². The summed E-state index contributed by atoms with van der Waals surface area (Å²) in [7, 11) is 1.68. The number of para-hydroxylation sites is 1. The van der Waals surface area contributed by atoms with E-state index in [1.807, 2.05) is 97.0 Å². The summed E-state index contributed by atoms with van der Waals surface area (Å²) in [5.41, 5.74) is 1.93. The molecule has 2 aliphatic heterocycles. The number of benzene rings is 2. The molecule has 0 N–H and O–H groups in total. The summed E-state index contributed by atoms with van der Waals surface area (Å²) < 4.78 is 17.6. The second kappa shape index (κ2) is 12.9. The molecule has 0 atom stereocenters. The maximum Gasteiger partial charge on any atom is 0.410 e. The summed E-state index contributed by atoms with van der Waals surface area (Å²) in [6, 6.07) is 15.6. The highest BCUT2D eigenvalue weighted by molar-refractivity contribution is 5.95. The van der Waals surface area contributed by atoms with Crippen LogP contribution in [-0.2, 0) is 9.47 Å². The molecule has 2 aromatic carbocycles. The Morgan fingerprint density at radius 2 is 1.50 bits per heavy atom. The molecule has 238 valence electrons. The smallest absolute Gasteiger partial charge is 0.410 e. The molecule has 0 radical (unpaired) electrons. The van der Waals surface area contributed by atoms with Gasteiger partial charge in [0.15, 0.2) is 0 Å². The molecule has 0 aromatic heterocycles. The van der Waals surface area contributed by atoms with Crippen LogP contribution in [0.5, 0.6) is 5.75 Å². The molecule has 0 bridgehead atoms. The van der Waals surface area contributed by atoms with Crippen LogP contribution in [0.15, 0.2) is 54.6 Å². The molecule has 9 heteroatoms. The minimum atomic E-state index is -0.579. The molecular formula is C35H47N3O6. The highest BCUT2D eigenvalue weighted by Crippen LogP contribution is 2.43. The first-order valence-corrected chi connectivity index (χ1v) is 15.4. The van der Waals surface area contributed by atoms with Crippen molar-refractivity contribution in [1.82, 2.24) is 14.7 Å². The highest BCUT2D eigenvalue weighted by Gasteiger charge is 2.40. The maximum absolute atomic E-state index is 13.4. The number of fused-ring (bicyclic) bond motifs is 1. The minimum absolute atomic E-state index is 0.0935. The van der Waals surface area contributed by atoms with Crippen molar-refractivity contribution in [1.29, 1.82) is 0 Å². The average Bonchev–Trinajstić information content (AvgIpc) is 2.95. The van der Waals surface area contributed by atoms with Crippen LogP contribution in [0.1, 0.15) is 82.8 Å². The number of carbonyl (C=O) groups excluding carboxylic acids is 3. The van der Waals surface area contributed by atoms with Crippen LogP contribution in [0.3, 0.4) is 0 Å². The molecule has 0 saturated carbocycles. The Bertz CT molecular complexity index is 1380. The Balaban J connectivity index is 1.49. The van der Waals surface area contributed by atoms with E-state index in [2.05, 4.69) is 6.08 Å². The number of likely N-dealkylation sites (N-methyl/N-ethyl adjacent to an activating group) is 2. The lowest BCUT2D eigenvalue weighted by Crippen LogP contribution is -2.50. The van der Waals surface area contributed by atoms with E-state index in [4.69, 9.17) is 14.2 Å². The van der Waals surface area contributed by atoms with E-state index >= 15 is 0 Å². The summed E-state index contributed by atoms with van der Waals surface area (Å²) >= 11 is 0. The standard InChI is InChI=1S/C35H47N3O6/c1-9-37(23-22-36(8)31(40)43-33(2,3)4)30(39)26-16-14-25(15-17-26)28-24-35(42-29-13-11-10-12-27(28)29)18-20-38(21-19-35)32(41)44-34(5,6)7/h10-17,24H,9,18-23H2,1-8H3. The lowest BCUT2D eigenvalue weighted by Gasteiger charge is -2.43. The van der Waals surface area contributed by atoms with Crippen molar-refractivity contribution < 1.29 is 28.6 Å². The SMILES string of the molecule is CCN(CCN(C)C(=O)OC(C)(C)C)C(=O)c1ccc(C2=CC3(CCN(C(=O)OC(C)(C)C)CC3)Oc3ccccc32)cc1. The van der Waals surface area contributed by atoms with E-state index in [9.17, 15) is 14.4 Å². The molecule has 4 rings (SSSR count). The van der Waals surface area contributed by atoms with Gasteiger partial charge in [-0.3, -0.25) is 4.79 Å². The van der Waals surface area contributed by atoms with Crippen molar-refractivity contribution in [2.24, 2.45) is 0 Å². The fourth-order valence-electron chi connectivity index (χ4n) is 5.33. The molecular weight excluding hydrogens is 558 g/mol. The fraction of sp³-hybridized carbons (Fsp3) is 0.514. The predicted octanol–water partition coefficient (Wildman–Crippen LogP) is 6.61. The molecule has 1 spiro atoms. The second-order valence-corrected chi connectivity index (χ2v) is 13.6. The van der Waals surface area contributed by atoms with Crippen LogP contribution < -0.4 is 4.74 Å². The van der Waals surface area contributed by atoms with Crippen molar-refractivity contribution in [3.63, 3.8) is 0 Å². The van der Waals surface area contributed by atoms with E-state index in [1.165, 1.54) is 4.90 Å². The van der Waals surface area contributed by atoms with E-state index in [0.717, 1.165) is 22.4 Å². The first-order chi connectivity index (χ1) is 20.6. The number of hydrogen-bond donors (Lipinski definition) is 0. The molecule has 9 nitrogen and oxygen atoms in total. The first kappa shape index (κ1) is 32.9. The van der Waals surface area contributed by atoms with Crippen molar-refractivity contribution >= 4 is 23.7 Å². The normalized spacial score (nSPS) is 15.9. The van der Waals surface area contributed by atoms with Crippen molar-refractivity contribution in [2.45, 2.75) is 78.1 Å². The minimum Gasteiger partial charge on any atom is -0.482 e. The average molecular weight is 606 g/mol. The summed E-state index contributed by atoms with van der Waals surface area (Å²) in [6.45, 7) is 15.4. The largest absolute Gasteiger partial charge is 0.482 e. The van der Waals surface area contributed by atoms with Gasteiger partial charge in [0.2, 0.25) is 0 Å². The number of hydrogen-bond acceptors (Lipinski definition) is 6. The van der Waals surface area contributed by atoms with Crippen LogP contribution in [0.25, 0.3) is 5.57 Å². The summed E-state index contributed by atoms with van der Waals surface area (Å²) in [6.07, 6.45) is 2.76. The van der Waals surface area contributed by atoms with Crippen molar-refractivity contribution in [3.8, 4) is 5.75 Å². The van der Waals surface area contributed by atoms with Gasteiger partial charge in [-0.05, 0) is 83.9 Å². The number of likely N-dealkylation sites (tertiary alicyclic amines) is 1. The van der Waals surface area contributed by atoms with E-state index in [1.54, 1.807) is 16.8 Å². The quantitative estimate of drug-likeness (QED) is 0.368. The Morgan fingerprint density at radius 3 is 2.09 bits per heavy atom. The predicted molar refractivity (Wildman–Crippen MR) is 171 cm³/mol. The van der Waals surface area contributed by atoms with Crippen LogP contribution in [0.4, 0.5) is 9.59 Å². The zero-order chi connectivity index (χ0) is 32.3. The Hall–Kier alpha value is -4.01. The molecule has 1 fully saturated rings. The molecule has 3 amide bonds. The number of nitrogens with zero attached hydrogens (tertiary/aromatic N) is 3. The summed E-state index contributed by atoms with van der Waals surface area (Å²) in [5.74, 6) is 0.714. The second-order valence-electron chi connectivity index (χ2n) is 13.6. The van der Waals surface area contributed by atoms with E-state index in [-0.39, 0.29) is 12.0 Å². The van der Waals surface area contributed by atoms with Crippen LogP contribution >= 0.6 is 0 Å². The molecule has 2 aliphatic rings. The topological polar surface area (TPSA) is 88.6 Å². The lowest BCUT2D eigenvalue weighted by atomic mass is 9.83. The van der Waals surface area contributed by atoms with E-state index in [0.29, 0.717) is 51.1 Å². The zero-order valence-electron chi connectivity index (χ0n) is 27.4. The van der Waals surface area contributed by atoms with Gasteiger partial charge >= 0.3 is 12.2 Å². The van der Waals surface area contributed by atoms with Gasteiger partial charge in [0.1, 0.15) is 22.6 Å². The summed E-state index contributed by atoms with van der Waals surface area (Å²) in [5, 5.41) is 0. The van der Waals surface area contributed by atoms with Crippen molar-refractivity contribution in [2.75, 3.05) is 39.8 Å². The van der Waals surface area contributed by atoms with Gasteiger partial charge in [0, 0.05) is 63.7 Å². The van der Waals surface area contributed by atoms with Crippen molar-refractivity contribution in [3.05, 3.63) is 71.3 Å². The molecule has 0 unspecified atom stereocenters. The van der Waals surface area contributed by atoms with Crippen LogP contribution in [0.2, 0.25) is 0 Å². The Kier molecular flexibility index (Phi) is 9.66. The van der Waals surface area contributed by atoms with Crippen LogP contribution in [0, 0.1) is 0 Å². The first-order valence-electron chi connectivity index (χ1n) is 15.4. The Morgan fingerprint density at radius 1 is 0.886 bits per heavy atom. The van der Waals surface area contributed by atoms with Gasteiger partial charge in [-0.25, -0.2) is 9.59 Å². The van der Waals surface area contributed by atoms with Gasteiger partial charge in [0.25, 0.3) is 5.91 Å². The third kappa shape index (κ3) is 8.12. The maximum atomic E-state index is 13.4. The lowest BCUT2D eigenvalue weighted by molar-refractivity contribution is -0.00120. The molecule has 0 aliphatic carbocycles. The molecule has 2 heterocycles. The number of rotatable bonds is 6. The number of piperidine rings is 1. The third-order valence-electron chi connectivity index (χ3n) is 7.68. The number of ether oxygens (including phenoxy) is 3. The Labute approximate surface area is 261 Å². The van der Waals surface area contributed by atoms with Gasteiger partial charge in [0.05, 0.1) is 0 Å². The van der Waals surface area contributed by atoms with Gasteiger partial charge in [-0.1, -0.05) is 30.3 Å². The number of carbonyl (C=O) groups is 3. The van der Waals surface area contributed by atoms with Crippen LogP contribution in [-0.4, -0.2) is 89.4 Å². The highest BCUT2D eigenvalue weighted by atomic mass is 16.6. The van der Waals surface area contributed by atoms with Gasteiger partial charge < -0.3 is 28.9 Å². The van der Waals surface area contributed by atoms with Gasteiger partial charge in [-0.15, -0.1) is 0 Å². The monoisotopic (exact) mass is 605 g/mol. The molecule has 44 heavy (non-hydrogen) atoms. The van der Waals surface area contributed by atoms with Gasteiger partial charge in [-0.2, -0.15) is 0 Å².